The molecule has 1 saturated carbocycles. The Morgan fingerprint density at radius 3 is 2.07 bits per heavy atom. The molecule has 0 aromatic rings. The molecule has 0 saturated heterocycles. The molecule has 3 atom stereocenters. The molecule has 0 N–H and O–H groups in total. The summed E-state index contributed by atoms with van der Waals surface area (Å²) in [4.78, 5) is 0. The molecular weight excluding hydrogens is 201 g/mol. The van der Waals surface area contributed by atoms with Crippen molar-refractivity contribution in [1.29, 1.82) is 0 Å². The third-order valence-electron chi connectivity index (χ3n) is 3.80. The predicted octanol–water partition coefficient (Wildman–Crippen LogP) is 4.65. The Morgan fingerprint density at radius 1 is 1.27 bits per heavy atom. The number of hydrogen-bond donors (Lipinski definition) is 0. The first-order valence-electron chi connectivity index (χ1n) is 5.53. The van der Waals surface area contributed by atoms with Gasteiger partial charge in [0.15, 0.2) is 0 Å². The van der Waals surface area contributed by atoms with Crippen LogP contribution in [0.15, 0.2) is 0 Å². The van der Waals surface area contributed by atoms with Crippen molar-refractivity contribution in [2.45, 2.75) is 53.6 Å². The van der Waals surface area contributed by atoms with Crippen LogP contribution >= 0.6 is 0 Å². The van der Waals surface area contributed by atoms with Crippen molar-refractivity contribution in [3.8, 4) is 0 Å². The molecule has 90 valence electrons. The van der Waals surface area contributed by atoms with Crippen LogP contribution in [0.25, 0.3) is 0 Å². The molecule has 1 fully saturated rings. The zero-order valence-electron chi connectivity index (χ0n) is 10.2. The fraction of sp³-hybridized carbons (Fsp3) is 1.00. The van der Waals surface area contributed by atoms with Gasteiger partial charge in [-0.15, -0.1) is 0 Å². The average Bonchev–Trinajstić information content (AvgIpc) is 2.55. The van der Waals surface area contributed by atoms with Gasteiger partial charge in [-0.2, -0.15) is 13.2 Å². The summed E-state index contributed by atoms with van der Waals surface area (Å²) >= 11 is 0. The fourth-order valence-electron chi connectivity index (χ4n) is 2.42. The molecule has 1 aliphatic carbocycles. The van der Waals surface area contributed by atoms with Crippen LogP contribution in [0, 0.1) is 22.7 Å². The summed E-state index contributed by atoms with van der Waals surface area (Å²) in [5.41, 5.74) is -0.376. The molecule has 3 unspecified atom stereocenters. The molecule has 0 radical (unpaired) electrons. The van der Waals surface area contributed by atoms with Crippen molar-refractivity contribution >= 4 is 0 Å². The number of hydrogen-bond acceptors (Lipinski definition) is 0. The largest absolute Gasteiger partial charge is 0.392 e. The van der Waals surface area contributed by atoms with Crippen LogP contribution in [0.5, 0.6) is 0 Å². The van der Waals surface area contributed by atoms with Crippen molar-refractivity contribution in [3.63, 3.8) is 0 Å². The summed E-state index contributed by atoms with van der Waals surface area (Å²) < 4.78 is 37.8. The van der Waals surface area contributed by atoms with Crippen LogP contribution in [0.4, 0.5) is 13.2 Å². The number of halogens is 3. The van der Waals surface area contributed by atoms with E-state index in [9.17, 15) is 13.2 Å². The minimum atomic E-state index is -4.04. The normalized spacial score (nSPS) is 34.0. The van der Waals surface area contributed by atoms with Crippen molar-refractivity contribution < 1.29 is 13.2 Å². The second kappa shape index (κ2) is 3.39. The average molecular weight is 222 g/mol. The maximum Gasteiger partial charge on any atom is 0.392 e. The standard InChI is InChI=1S/C12H21F3/c1-8(12(13,14)15)11(5)7-9(11)6-10(2,3)4/h8-9H,6-7H2,1-5H3. The first-order valence-corrected chi connectivity index (χ1v) is 5.53. The van der Waals surface area contributed by atoms with E-state index in [4.69, 9.17) is 0 Å². The lowest BCUT2D eigenvalue weighted by molar-refractivity contribution is -0.187. The van der Waals surface area contributed by atoms with E-state index in [1.807, 2.05) is 0 Å². The second-order valence-corrected chi connectivity index (χ2v) is 6.43. The highest BCUT2D eigenvalue weighted by Crippen LogP contribution is 2.64. The van der Waals surface area contributed by atoms with Gasteiger partial charge < -0.3 is 0 Å². The third-order valence-corrected chi connectivity index (χ3v) is 3.80. The molecule has 0 spiro atoms. The molecule has 15 heavy (non-hydrogen) atoms. The van der Waals surface area contributed by atoms with Gasteiger partial charge in [-0.25, -0.2) is 0 Å². The Balaban J connectivity index is 2.60. The summed E-state index contributed by atoms with van der Waals surface area (Å²) in [6.07, 6.45) is -2.42. The summed E-state index contributed by atoms with van der Waals surface area (Å²) in [7, 11) is 0. The lowest BCUT2D eigenvalue weighted by Gasteiger charge is -2.26. The van der Waals surface area contributed by atoms with Gasteiger partial charge in [-0.1, -0.05) is 34.6 Å². The van der Waals surface area contributed by atoms with E-state index in [0.29, 0.717) is 0 Å². The van der Waals surface area contributed by atoms with Crippen molar-refractivity contribution in [2.24, 2.45) is 22.7 Å². The lowest BCUT2D eigenvalue weighted by atomic mass is 9.83. The van der Waals surface area contributed by atoms with E-state index in [1.54, 1.807) is 6.92 Å². The molecule has 0 aromatic carbocycles. The molecule has 0 amide bonds. The maximum absolute atomic E-state index is 12.6. The molecule has 0 heterocycles. The number of alkyl halides is 3. The molecule has 1 aliphatic rings. The van der Waals surface area contributed by atoms with Gasteiger partial charge in [0.05, 0.1) is 5.92 Å². The maximum atomic E-state index is 12.6. The van der Waals surface area contributed by atoms with E-state index < -0.39 is 17.5 Å². The van der Waals surface area contributed by atoms with Crippen molar-refractivity contribution in [3.05, 3.63) is 0 Å². The van der Waals surface area contributed by atoms with Crippen LogP contribution in [-0.2, 0) is 0 Å². The van der Waals surface area contributed by atoms with Gasteiger partial charge in [-0.3, -0.25) is 0 Å². The Hall–Kier alpha value is -0.210. The molecule has 0 aromatic heterocycles. The minimum Gasteiger partial charge on any atom is -0.171 e. The van der Waals surface area contributed by atoms with Gasteiger partial charge in [0, 0.05) is 0 Å². The molecule has 1 rings (SSSR count). The zero-order valence-corrected chi connectivity index (χ0v) is 10.2. The monoisotopic (exact) mass is 222 g/mol. The van der Waals surface area contributed by atoms with E-state index >= 15 is 0 Å². The van der Waals surface area contributed by atoms with E-state index in [0.717, 1.165) is 12.8 Å². The minimum absolute atomic E-state index is 0.133. The molecule has 3 heteroatoms. The first-order chi connectivity index (χ1) is 6.47. The highest BCUT2D eigenvalue weighted by Gasteiger charge is 2.61. The fourth-order valence-corrected chi connectivity index (χ4v) is 2.42. The summed E-state index contributed by atoms with van der Waals surface area (Å²) in [6, 6.07) is 0. The van der Waals surface area contributed by atoms with Crippen LogP contribution in [-0.4, -0.2) is 6.18 Å². The van der Waals surface area contributed by atoms with E-state index in [1.165, 1.54) is 6.92 Å². The highest BCUT2D eigenvalue weighted by atomic mass is 19.4. The van der Waals surface area contributed by atoms with Crippen molar-refractivity contribution in [1.82, 2.24) is 0 Å². The second-order valence-electron chi connectivity index (χ2n) is 6.43. The van der Waals surface area contributed by atoms with Gasteiger partial charge in [0.25, 0.3) is 0 Å². The SMILES string of the molecule is CC(C(F)(F)F)C1(C)CC1CC(C)(C)C. The van der Waals surface area contributed by atoms with E-state index in [-0.39, 0.29) is 11.3 Å². The zero-order chi connectivity index (χ0) is 12.1. The van der Waals surface area contributed by atoms with Crippen LogP contribution in [0.2, 0.25) is 0 Å². The van der Waals surface area contributed by atoms with Crippen LogP contribution in [0.3, 0.4) is 0 Å². The Labute approximate surface area is 90.2 Å². The lowest BCUT2D eigenvalue weighted by Crippen LogP contribution is -2.29. The smallest absolute Gasteiger partial charge is 0.171 e. The molecule has 0 nitrogen and oxygen atoms in total. The summed E-state index contributed by atoms with van der Waals surface area (Å²) in [6.45, 7) is 9.36. The van der Waals surface area contributed by atoms with Crippen LogP contribution < -0.4 is 0 Å². The Bertz CT molecular complexity index is 236. The molecule has 0 aliphatic heterocycles. The van der Waals surface area contributed by atoms with Gasteiger partial charge >= 0.3 is 6.18 Å². The molecular formula is C12H21F3. The van der Waals surface area contributed by atoms with Gasteiger partial charge in [-0.05, 0) is 29.6 Å². The van der Waals surface area contributed by atoms with E-state index in [2.05, 4.69) is 20.8 Å². The quantitative estimate of drug-likeness (QED) is 0.638. The van der Waals surface area contributed by atoms with Crippen LogP contribution in [0.1, 0.15) is 47.5 Å². The van der Waals surface area contributed by atoms with Gasteiger partial charge in [0.1, 0.15) is 0 Å². The topological polar surface area (TPSA) is 0 Å². The highest BCUT2D eigenvalue weighted by molar-refractivity contribution is 5.04. The summed E-state index contributed by atoms with van der Waals surface area (Å²) in [5.74, 6) is -0.925. The first kappa shape index (κ1) is 12.9. The van der Waals surface area contributed by atoms with Crippen molar-refractivity contribution in [2.75, 3.05) is 0 Å². The Morgan fingerprint density at radius 2 is 1.73 bits per heavy atom. The van der Waals surface area contributed by atoms with Gasteiger partial charge in [0.2, 0.25) is 0 Å². The third kappa shape index (κ3) is 2.88. The Kier molecular flexibility index (Phi) is 2.91. The number of rotatable bonds is 2. The summed E-state index contributed by atoms with van der Waals surface area (Å²) in [5, 5.41) is 0. The predicted molar refractivity (Wildman–Crippen MR) is 55.5 cm³/mol. The molecule has 0 bridgehead atoms.